The van der Waals surface area contributed by atoms with E-state index in [0.717, 1.165) is 39.1 Å². The standard InChI is InChI=1S/C15H27N3O3/c1-3-15(13(19)20)6-5-7-18(12-15)14(21)17-10-8-16(4-2)9-11-17/h3-12H2,1-2H3,(H,19,20). The van der Waals surface area contributed by atoms with Crippen molar-refractivity contribution < 1.29 is 14.7 Å². The van der Waals surface area contributed by atoms with Crippen LogP contribution in [0, 0.1) is 5.41 Å². The first kappa shape index (κ1) is 16.1. The topological polar surface area (TPSA) is 64.1 Å². The SMILES string of the molecule is CCN1CCN(C(=O)N2CCCC(CC)(C(=O)O)C2)CC1. The fourth-order valence-electron chi connectivity index (χ4n) is 3.36. The summed E-state index contributed by atoms with van der Waals surface area (Å²) in [6, 6.07) is 0.0181. The van der Waals surface area contributed by atoms with Crippen molar-refractivity contribution in [1.29, 1.82) is 0 Å². The van der Waals surface area contributed by atoms with Crippen LogP contribution in [0.2, 0.25) is 0 Å². The average molecular weight is 297 g/mol. The van der Waals surface area contributed by atoms with Crippen molar-refractivity contribution in [1.82, 2.24) is 14.7 Å². The first-order valence-corrected chi connectivity index (χ1v) is 8.02. The molecule has 0 aliphatic carbocycles. The van der Waals surface area contributed by atoms with Gasteiger partial charge in [-0.3, -0.25) is 4.79 Å². The number of urea groups is 1. The lowest BCUT2D eigenvalue weighted by atomic mass is 9.78. The summed E-state index contributed by atoms with van der Waals surface area (Å²) >= 11 is 0. The molecule has 6 nitrogen and oxygen atoms in total. The van der Waals surface area contributed by atoms with E-state index in [1.165, 1.54) is 0 Å². The molecule has 0 aromatic heterocycles. The second-order valence-corrected chi connectivity index (χ2v) is 6.17. The maximum absolute atomic E-state index is 12.6. The zero-order valence-corrected chi connectivity index (χ0v) is 13.2. The predicted octanol–water partition coefficient (Wildman–Crippen LogP) is 1.32. The number of nitrogens with zero attached hydrogens (tertiary/aromatic N) is 3. The van der Waals surface area contributed by atoms with Crippen molar-refractivity contribution >= 4 is 12.0 Å². The van der Waals surface area contributed by atoms with E-state index in [4.69, 9.17) is 0 Å². The quantitative estimate of drug-likeness (QED) is 0.853. The lowest BCUT2D eigenvalue weighted by molar-refractivity contribution is -0.152. The zero-order chi connectivity index (χ0) is 15.5. The molecule has 2 saturated heterocycles. The van der Waals surface area contributed by atoms with Crippen molar-refractivity contribution in [2.45, 2.75) is 33.1 Å². The molecule has 0 spiro atoms. The zero-order valence-electron chi connectivity index (χ0n) is 13.2. The molecule has 120 valence electrons. The molecule has 2 heterocycles. The normalized spacial score (nSPS) is 27.7. The molecule has 2 rings (SSSR count). The maximum Gasteiger partial charge on any atom is 0.320 e. The third-order valence-corrected chi connectivity index (χ3v) is 5.07. The Morgan fingerprint density at radius 3 is 2.24 bits per heavy atom. The van der Waals surface area contributed by atoms with E-state index in [-0.39, 0.29) is 6.03 Å². The van der Waals surface area contributed by atoms with Gasteiger partial charge in [-0.15, -0.1) is 0 Å². The Morgan fingerprint density at radius 1 is 1.05 bits per heavy atom. The molecule has 2 fully saturated rings. The van der Waals surface area contributed by atoms with Gasteiger partial charge in [0.05, 0.1) is 5.41 Å². The van der Waals surface area contributed by atoms with E-state index >= 15 is 0 Å². The van der Waals surface area contributed by atoms with Gasteiger partial charge >= 0.3 is 12.0 Å². The summed E-state index contributed by atoms with van der Waals surface area (Å²) in [4.78, 5) is 30.1. The Hall–Kier alpha value is -1.30. The molecule has 1 atom stereocenters. The fraction of sp³-hybridized carbons (Fsp3) is 0.867. The second kappa shape index (κ2) is 6.64. The Labute approximate surface area is 126 Å². The molecule has 0 aromatic rings. The molecular weight excluding hydrogens is 270 g/mol. The molecule has 0 aromatic carbocycles. The Morgan fingerprint density at radius 2 is 1.71 bits per heavy atom. The molecule has 2 aliphatic heterocycles. The average Bonchev–Trinajstić information content (AvgIpc) is 2.54. The highest BCUT2D eigenvalue weighted by atomic mass is 16.4. The molecule has 1 N–H and O–H groups in total. The molecule has 21 heavy (non-hydrogen) atoms. The fourth-order valence-corrected chi connectivity index (χ4v) is 3.36. The number of hydrogen-bond acceptors (Lipinski definition) is 3. The number of hydrogen-bond donors (Lipinski definition) is 1. The van der Waals surface area contributed by atoms with Crippen molar-refractivity contribution in [3.63, 3.8) is 0 Å². The molecule has 0 radical (unpaired) electrons. The van der Waals surface area contributed by atoms with Crippen LogP contribution in [-0.2, 0) is 4.79 Å². The third kappa shape index (κ3) is 3.31. The number of rotatable bonds is 3. The number of likely N-dealkylation sites (tertiary alicyclic amines) is 1. The molecule has 6 heteroatoms. The van der Waals surface area contributed by atoms with Gasteiger partial charge in [0.2, 0.25) is 0 Å². The minimum absolute atomic E-state index is 0.0181. The Balaban J connectivity index is 1.98. The lowest BCUT2D eigenvalue weighted by Gasteiger charge is -2.43. The predicted molar refractivity (Wildman–Crippen MR) is 80.2 cm³/mol. The number of carbonyl (C=O) groups excluding carboxylic acids is 1. The highest BCUT2D eigenvalue weighted by molar-refractivity contribution is 5.79. The second-order valence-electron chi connectivity index (χ2n) is 6.17. The van der Waals surface area contributed by atoms with Gasteiger partial charge < -0.3 is 19.8 Å². The van der Waals surface area contributed by atoms with Crippen molar-refractivity contribution in [2.75, 3.05) is 45.8 Å². The van der Waals surface area contributed by atoms with Gasteiger partial charge in [-0.05, 0) is 25.8 Å². The van der Waals surface area contributed by atoms with Gasteiger partial charge in [0.1, 0.15) is 0 Å². The van der Waals surface area contributed by atoms with Crippen LogP contribution < -0.4 is 0 Å². The number of aliphatic carboxylic acids is 1. The summed E-state index contributed by atoms with van der Waals surface area (Å²) in [6.07, 6.45) is 2.03. The number of piperidine rings is 1. The van der Waals surface area contributed by atoms with E-state index in [0.29, 0.717) is 25.9 Å². The molecule has 2 aliphatic rings. The highest BCUT2D eigenvalue weighted by Crippen LogP contribution is 2.34. The number of amides is 2. The Bertz CT molecular complexity index is 394. The lowest BCUT2D eigenvalue weighted by Crippen LogP contribution is -2.57. The van der Waals surface area contributed by atoms with Crippen LogP contribution in [-0.4, -0.2) is 77.6 Å². The number of likely N-dealkylation sites (N-methyl/N-ethyl adjacent to an activating group) is 1. The van der Waals surface area contributed by atoms with Crippen molar-refractivity contribution in [3.8, 4) is 0 Å². The van der Waals surface area contributed by atoms with Gasteiger partial charge in [-0.2, -0.15) is 0 Å². The number of carboxylic acid groups (broad SMARTS) is 1. The Kier molecular flexibility index (Phi) is 5.08. The number of carboxylic acids is 1. The molecule has 2 amide bonds. The highest BCUT2D eigenvalue weighted by Gasteiger charge is 2.43. The van der Waals surface area contributed by atoms with E-state index in [1.54, 1.807) is 4.90 Å². The smallest absolute Gasteiger partial charge is 0.320 e. The minimum Gasteiger partial charge on any atom is -0.481 e. The van der Waals surface area contributed by atoms with Crippen molar-refractivity contribution in [2.24, 2.45) is 5.41 Å². The summed E-state index contributed by atoms with van der Waals surface area (Å²) in [6.45, 7) is 9.40. The van der Waals surface area contributed by atoms with E-state index < -0.39 is 11.4 Å². The minimum atomic E-state index is -0.765. The van der Waals surface area contributed by atoms with Crippen LogP contribution in [0.4, 0.5) is 4.79 Å². The van der Waals surface area contributed by atoms with E-state index in [9.17, 15) is 14.7 Å². The molecule has 0 saturated carbocycles. The first-order chi connectivity index (χ1) is 10.0. The van der Waals surface area contributed by atoms with Gasteiger partial charge in [0.25, 0.3) is 0 Å². The number of piperazine rings is 1. The van der Waals surface area contributed by atoms with Crippen LogP contribution in [0.1, 0.15) is 33.1 Å². The van der Waals surface area contributed by atoms with Crippen molar-refractivity contribution in [3.05, 3.63) is 0 Å². The monoisotopic (exact) mass is 297 g/mol. The largest absolute Gasteiger partial charge is 0.481 e. The summed E-state index contributed by atoms with van der Waals surface area (Å²) in [5.74, 6) is -0.765. The summed E-state index contributed by atoms with van der Waals surface area (Å²) in [7, 11) is 0. The third-order valence-electron chi connectivity index (χ3n) is 5.07. The van der Waals surface area contributed by atoms with Crippen LogP contribution >= 0.6 is 0 Å². The van der Waals surface area contributed by atoms with Crippen LogP contribution in [0.5, 0.6) is 0 Å². The van der Waals surface area contributed by atoms with E-state index in [2.05, 4.69) is 11.8 Å². The van der Waals surface area contributed by atoms with Gasteiger partial charge in [0, 0.05) is 39.3 Å². The molecule has 1 unspecified atom stereocenters. The van der Waals surface area contributed by atoms with Gasteiger partial charge in [-0.1, -0.05) is 13.8 Å². The summed E-state index contributed by atoms with van der Waals surface area (Å²) in [5, 5.41) is 9.51. The van der Waals surface area contributed by atoms with Crippen LogP contribution in [0.3, 0.4) is 0 Å². The van der Waals surface area contributed by atoms with Crippen LogP contribution in [0.15, 0.2) is 0 Å². The summed E-state index contributed by atoms with van der Waals surface area (Å²) in [5.41, 5.74) is -0.751. The molecular formula is C15H27N3O3. The number of carbonyl (C=O) groups is 2. The maximum atomic E-state index is 12.6. The molecule has 0 bridgehead atoms. The van der Waals surface area contributed by atoms with Gasteiger partial charge in [-0.25, -0.2) is 4.79 Å². The summed E-state index contributed by atoms with van der Waals surface area (Å²) < 4.78 is 0. The first-order valence-electron chi connectivity index (χ1n) is 8.02. The van der Waals surface area contributed by atoms with E-state index in [1.807, 2.05) is 11.8 Å². The van der Waals surface area contributed by atoms with Crippen LogP contribution in [0.25, 0.3) is 0 Å². The van der Waals surface area contributed by atoms with Gasteiger partial charge in [0.15, 0.2) is 0 Å².